The van der Waals surface area contributed by atoms with Gasteiger partial charge >= 0.3 is 5.69 Å². The molecule has 1 aliphatic carbocycles. The molecule has 0 bridgehead atoms. The van der Waals surface area contributed by atoms with Crippen LogP contribution in [-0.2, 0) is 30.2 Å². The monoisotopic (exact) mass is 492 g/mol. The van der Waals surface area contributed by atoms with Gasteiger partial charge in [0.25, 0.3) is 15.6 Å². The molecule has 0 radical (unpaired) electrons. The van der Waals surface area contributed by atoms with Crippen molar-refractivity contribution in [3.8, 4) is 0 Å². The van der Waals surface area contributed by atoms with Gasteiger partial charge in [-0.3, -0.25) is 18.6 Å². The molecule has 0 atom stereocenters. The Hall–Kier alpha value is -2.28. The Morgan fingerprint density at radius 2 is 1.97 bits per heavy atom. The van der Waals surface area contributed by atoms with Gasteiger partial charge in [-0.1, -0.05) is 0 Å². The zero-order valence-corrected chi connectivity index (χ0v) is 20.3. The average molecular weight is 493 g/mol. The van der Waals surface area contributed by atoms with Crippen molar-refractivity contribution in [1.82, 2.24) is 29.0 Å². The van der Waals surface area contributed by atoms with Gasteiger partial charge < -0.3 is 5.32 Å². The van der Waals surface area contributed by atoms with Crippen LogP contribution in [0.2, 0.25) is 0 Å². The number of aromatic nitrogens is 4. The molecule has 5 rings (SSSR count). The number of nitrogens with one attached hydrogen (secondary N) is 2. The molecule has 0 amide bonds. The molecule has 0 spiro atoms. The maximum atomic E-state index is 13.5. The van der Waals surface area contributed by atoms with Gasteiger partial charge in [0.05, 0.1) is 18.1 Å². The lowest BCUT2D eigenvalue weighted by Gasteiger charge is -2.24. The number of aryl methyl sites for hydroxylation is 1. The van der Waals surface area contributed by atoms with Gasteiger partial charge in [0.1, 0.15) is 9.04 Å². The van der Waals surface area contributed by atoms with Crippen molar-refractivity contribution >= 4 is 31.6 Å². The highest BCUT2D eigenvalue weighted by molar-refractivity contribution is 7.91. The second kappa shape index (κ2) is 8.19. The predicted molar refractivity (Wildman–Crippen MR) is 126 cm³/mol. The minimum absolute atomic E-state index is 0.0697. The van der Waals surface area contributed by atoms with Crippen molar-refractivity contribution in [3.63, 3.8) is 0 Å². The van der Waals surface area contributed by atoms with Gasteiger partial charge in [-0.15, -0.1) is 11.3 Å². The predicted octanol–water partition coefficient (Wildman–Crippen LogP) is 0.837. The minimum Gasteiger partial charge on any atom is -0.317 e. The Labute approximate surface area is 195 Å². The highest BCUT2D eigenvalue weighted by Crippen LogP contribution is 2.37. The molecule has 10 nitrogen and oxygen atoms in total. The van der Waals surface area contributed by atoms with Crippen molar-refractivity contribution in [1.29, 1.82) is 0 Å². The summed E-state index contributed by atoms with van der Waals surface area (Å²) in [6.45, 7) is 4.16. The summed E-state index contributed by atoms with van der Waals surface area (Å²) in [6.07, 6.45) is 6.80. The second-order valence-electron chi connectivity index (χ2n) is 9.45. The number of nitrogens with zero attached hydrogens (tertiary/aromatic N) is 4. The van der Waals surface area contributed by atoms with E-state index in [2.05, 4.69) is 15.1 Å². The topological polar surface area (TPSA) is 120 Å². The quantitative estimate of drug-likeness (QED) is 0.504. The van der Waals surface area contributed by atoms with Crippen molar-refractivity contribution in [3.05, 3.63) is 44.9 Å². The van der Waals surface area contributed by atoms with E-state index in [0.29, 0.717) is 11.4 Å². The molecule has 4 heterocycles. The van der Waals surface area contributed by atoms with Crippen LogP contribution >= 0.6 is 11.3 Å². The summed E-state index contributed by atoms with van der Waals surface area (Å²) in [7, 11) is -2.01. The number of piperidine rings is 1. The summed E-state index contributed by atoms with van der Waals surface area (Å²) < 4.78 is 33.3. The molecule has 33 heavy (non-hydrogen) atoms. The van der Waals surface area contributed by atoms with Crippen molar-refractivity contribution in [2.24, 2.45) is 13.0 Å². The van der Waals surface area contributed by atoms with Gasteiger partial charge in [-0.25, -0.2) is 17.9 Å². The molecule has 178 valence electrons. The van der Waals surface area contributed by atoms with Crippen LogP contribution in [0, 0.1) is 5.92 Å². The number of fused-ring (bicyclic) bond motifs is 1. The molecule has 1 aliphatic heterocycles. The zero-order chi connectivity index (χ0) is 23.4. The van der Waals surface area contributed by atoms with Gasteiger partial charge in [-0.05, 0) is 57.7 Å². The molecular formula is C21H28N6O4S2. The lowest BCUT2D eigenvalue weighted by Crippen LogP contribution is -2.41. The van der Waals surface area contributed by atoms with Gasteiger partial charge in [0.2, 0.25) is 0 Å². The molecule has 2 N–H and O–H groups in total. The van der Waals surface area contributed by atoms with Crippen LogP contribution in [0.4, 0.5) is 0 Å². The number of rotatable bonds is 7. The van der Waals surface area contributed by atoms with Gasteiger partial charge in [-0.2, -0.15) is 5.10 Å². The fourth-order valence-electron chi connectivity index (χ4n) is 4.33. The third-order valence-electron chi connectivity index (χ3n) is 6.52. The Bertz CT molecular complexity index is 1420. The molecule has 2 fully saturated rings. The standard InChI is InChI=1S/C21H28N6O4S2/c1-21(5-6-21)24-33(30,31)17-9-16-18(28)26(13-15-10-23-25(2)11-15)20(29)27(19(16)32-17)12-14-3-7-22-8-4-14/h9-11,14,22,24H,3-8,12-13H2,1-2H3. The third kappa shape index (κ3) is 4.44. The normalized spacial score (nSPS) is 18.7. The van der Waals surface area contributed by atoms with E-state index in [0.717, 1.165) is 55.7 Å². The van der Waals surface area contributed by atoms with Gasteiger partial charge in [0, 0.05) is 30.9 Å². The molecule has 3 aromatic rings. The van der Waals surface area contributed by atoms with E-state index in [1.165, 1.54) is 10.6 Å². The van der Waals surface area contributed by atoms with E-state index in [4.69, 9.17) is 0 Å². The van der Waals surface area contributed by atoms with Crippen LogP contribution in [0.5, 0.6) is 0 Å². The van der Waals surface area contributed by atoms with E-state index in [-0.39, 0.29) is 22.1 Å². The Kier molecular flexibility index (Phi) is 5.58. The first-order valence-corrected chi connectivity index (χ1v) is 13.4. The first-order chi connectivity index (χ1) is 15.7. The van der Waals surface area contributed by atoms with E-state index < -0.39 is 26.8 Å². The fourth-order valence-corrected chi connectivity index (χ4v) is 7.25. The maximum absolute atomic E-state index is 13.5. The van der Waals surface area contributed by atoms with Crippen LogP contribution in [0.3, 0.4) is 0 Å². The molecule has 2 aliphatic rings. The molecule has 3 aromatic heterocycles. The zero-order valence-electron chi connectivity index (χ0n) is 18.7. The van der Waals surface area contributed by atoms with Crippen LogP contribution in [0.15, 0.2) is 32.3 Å². The molecule has 0 unspecified atom stereocenters. The maximum Gasteiger partial charge on any atom is 0.332 e. The minimum atomic E-state index is -3.78. The largest absolute Gasteiger partial charge is 0.332 e. The molecule has 12 heteroatoms. The summed E-state index contributed by atoms with van der Waals surface area (Å²) in [5.74, 6) is 0.280. The number of sulfonamides is 1. The summed E-state index contributed by atoms with van der Waals surface area (Å²) in [4.78, 5) is 27.3. The summed E-state index contributed by atoms with van der Waals surface area (Å²) in [6, 6.07) is 1.43. The third-order valence-corrected chi connectivity index (χ3v) is 9.79. The van der Waals surface area contributed by atoms with Crippen LogP contribution in [-0.4, -0.2) is 46.0 Å². The second-order valence-corrected chi connectivity index (χ2v) is 12.4. The van der Waals surface area contributed by atoms with Crippen LogP contribution in [0.25, 0.3) is 10.2 Å². The van der Waals surface area contributed by atoms with Crippen molar-refractivity contribution < 1.29 is 8.42 Å². The molecular weight excluding hydrogens is 464 g/mol. The lowest BCUT2D eigenvalue weighted by atomic mass is 9.98. The number of hydrogen-bond donors (Lipinski definition) is 2. The van der Waals surface area contributed by atoms with E-state index in [1.807, 2.05) is 6.92 Å². The molecule has 1 saturated carbocycles. The molecule has 0 aromatic carbocycles. The summed E-state index contributed by atoms with van der Waals surface area (Å²) >= 11 is 1.00. The van der Waals surface area contributed by atoms with Crippen LogP contribution < -0.4 is 21.3 Å². The van der Waals surface area contributed by atoms with Gasteiger partial charge in [0.15, 0.2) is 0 Å². The summed E-state index contributed by atoms with van der Waals surface area (Å²) in [5, 5.41) is 7.71. The first kappa shape index (κ1) is 22.5. The Balaban J connectivity index is 1.64. The van der Waals surface area contributed by atoms with Crippen molar-refractivity contribution in [2.45, 2.75) is 55.4 Å². The first-order valence-electron chi connectivity index (χ1n) is 11.1. The van der Waals surface area contributed by atoms with E-state index >= 15 is 0 Å². The number of hydrogen-bond acceptors (Lipinski definition) is 7. The van der Waals surface area contributed by atoms with E-state index in [9.17, 15) is 18.0 Å². The Morgan fingerprint density at radius 1 is 1.24 bits per heavy atom. The smallest absolute Gasteiger partial charge is 0.317 e. The van der Waals surface area contributed by atoms with Crippen LogP contribution in [0.1, 0.15) is 38.2 Å². The highest BCUT2D eigenvalue weighted by atomic mass is 32.2. The number of thiophene rings is 1. The fraction of sp³-hybridized carbons (Fsp3) is 0.571. The lowest BCUT2D eigenvalue weighted by molar-refractivity contribution is 0.330. The molecule has 1 saturated heterocycles. The van der Waals surface area contributed by atoms with E-state index in [1.54, 1.807) is 28.7 Å². The highest BCUT2D eigenvalue weighted by Gasteiger charge is 2.42. The average Bonchev–Trinajstić information content (AvgIpc) is 3.15. The van der Waals surface area contributed by atoms with Crippen molar-refractivity contribution in [2.75, 3.05) is 13.1 Å². The summed E-state index contributed by atoms with van der Waals surface area (Å²) in [5.41, 5.74) is -0.584. The Morgan fingerprint density at radius 3 is 2.61 bits per heavy atom. The SMILES string of the molecule is Cn1cc(Cn2c(=O)c3cc(S(=O)(=O)NC4(C)CC4)sc3n(CC3CCNCC3)c2=O)cn1.